The maximum atomic E-state index is 3.24. The Morgan fingerprint density at radius 2 is 2.00 bits per heavy atom. The lowest BCUT2D eigenvalue weighted by Gasteiger charge is -1.88. The maximum absolute atomic E-state index is 3.24. The van der Waals surface area contributed by atoms with Gasteiger partial charge in [0.15, 0.2) is 0 Å². The summed E-state index contributed by atoms with van der Waals surface area (Å²) in [6.45, 7) is 0. The second-order valence-corrected chi connectivity index (χ2v) is 2.55. The molecule has 48 valence electrons. The summed E-state index contributed by atoms with van der Waals surface area (Å²) in [7, 11) is 0. The molecular formula is C8H6N2. The lowest BCUT2D eigenvalue weighted by Crippen LogP contribution is -1.71. The minimum atomic E-state index is 1.18. The van der Waals surface area contributed by atoms with Crippen LogP contribution in [0.3, 0.4) is 0 Å². The van der Waals surface area contributed by atoms with E-state index >= 15 is 0 Å². The first kappa shape index (κ1) is 4.39. The number of fused-ring (bicyclic) bond motifs is 3. The van der Waals surface area contributed by atoms with Crippen molar-refractivity contribution in [3.8, 4) is 0 Å². The minimum Gasteiger partial charge on any atom is -0.339 e. The smallest absolute Gasteiger partial charge is 0.133 e. The van der Waals surface area contributed by atoms with Crippen molar-refractivity contribution in [3.05, 3.63) is 24.3 Å². The molecule has 1 aliphatic rings. The Kier molecular flexibility index (Phi) is 0.520. The number of para-hydroxylation sites is 1. The molecule has 1 aliphatic heterocycles. The Labute approximate surface area is 57.9 Å². The molecule has 2 N–H and O–H groups in total. The molecule has 2 aromatic rings. The molecule has 0 fully saturated rings. The third kappa shape index (κ3) is 0.365. The number of rotatable bonds is 0. The molecule has 2 heterocycles. The van der Waals surface area contributed by atoms with E-state index in [1.165, 1.54) is 22.4 Å². The zero-order chi connectivity index (χ0) is 6.55. The maximum Gasteiger partial charge on any atom is 0.133 e. The van der Waals surface area contributed by atoms with E-state index in [1.807, 2.05) is 6.07 Å². The Morgan fingerprint density at radius 3 is 2.90 bits per heavy atom. The van der Waals surface area contributed by atoms with Crippen molar-refractivity contribution in [2.45, 2.75) is 0 Å². The molecule has 1 aromatic heterocycles. The molecule has 0 amide bonds. The van der Waals surface area contributed by atoms with Gasteiger partial charge in [0, 0.05) is 10.9 Å². The average Bonchev–Trinajstić information content (AvgIpc) is 2.64. The number of anilines is 2. The van der Waals surface area contributed by atoms with Gasteiger partial charge in [0.2, 0.25) is 0 Å². The summed E-state index contributed by atoms with van der Waals surface area (Å²) in [6.07, 6.45) is 0. The molecule has 0 radical (unpaired) electrons. The van der Waals surface area contributed by atoms with E-state index in [1.54, 1.807) is 0 Å². The molecule has 3 rings (SSSR count). The first-order valence-electron chi connectivity index (χ1n) is 3.33. The van der Waals surface area contributed by atoms with Crippen LogP contribution in [0.1, 0.15) is 0 Å². The highest BCUT2D eigenvalue weighted by Crippen LogP contribution is 2.44. The lowest BCUT2D eigenvalue weighted by molar-refractivity contribution is 1.51. The SMILES string of the molecule is c1ccc2c3c([nH]c2c1)N3. The number of hydrogen-bond donors (Lipinski definition) is 2. The van der Waals surface area contributed by atoms with Gasteiger partial charge in [-0.3, -0.25) is 0 Å². The number of aromatic nitrogens is 1. The number of aromatic amines is 1. The van der Waals surface area contributed by atoms with Gasteiger partial charge >= 0.3 is 0 Å². The Balaban J connectivity index is 2.60. The number of hydrogen-bond acceptors (Lipinski definition) is 1. The molecule has 0 saturated carbocycles. The van der Waals surface area contributed by atoms with Crippen LogP contribution in [0.4, 0.5) is 11.5 Å². The number of nitrogens with one attached hydrogen (secondary N) is 2. The third-order valence-corrected chi connectivity index (χ3v) is 1.89. The molecule has 1 aromatic carbocycles. The van der Waals surface area contributed by atoms with Gasteiger partial charge in [0.1, 0.15) is 5.82 Å². The largest absolute Gasteiger partial charge is 0.339 e. The molecule has 10 heavy (non-hydrogen) atoms. The van der Waals surface area contributed by atoms with Crippen molar-refractivity contribution >= 4 is 22.4 Å². The highest BCUT2D eigenvalue weighted by Gasteiger charge is 2.21. The van der Waals surface area contributed by atoms with E-state index in [0.29, 0.717) is 0 Å². The van der Waals surface area contributed by atoms with Crippen LogP contribution in [0.2, 0.25) is 0 Å². The van der Waals surface area contributed by atoms with Crippen molar-refractivity contribution in [1.29, 1.82) is 0 Å². The van der Waals surface area contributed by atoms with Gasteiger partial charge in [0.05, 0.1) is 5.69 Å². The summed E-state index contributed by atoms with van der Waals surface area (Å²) in [5.41, 5.74) is 2.50. The highest BCUT2D eigenvalue weighted by atomic mass is 15.2. The fourth-order valence-electron chi connectivity index (χ4n) is 1.33. The molecule has 2 nitrogen and oxygen atoms in total. The molecule has 0 bridgehead atoms. The van der Waals surface area contributed by atoms with Crippen LogP contribution >= 0.6 is 0 Å². The fourth-order valence-corrected chi connectivity index (χ4v) is 1.33. The standard InChI is InChI=1S/C8H6N2/c1-2-4-6-5(3-1)7-8(9-6)10-7/h1-4,9-10H. The Bertz CT molecular complexity index is 401. The van der Waals surface area contributed by atoms with Gasteiger partial charge < -0.3 is 10.3 Å². The first-order chi connectivity index (χ1) is 4.95. The van der Waals surface area contributed by atoms with Crippen LogP contribution < -0.4 is 5.32 Å². The zero-order valence-corrected chi connectivity index (χ0v) is 5.31. The van der Waals surface area contributed by atoms with Crippen LogP contribution in [0.25, 0.3) is 10.9 Å². The molecule has 0 unspecified atom stereocenters. The van der Waals surface area contributed by atoms with Gasteiger partial charge in [-0.15, -0.1) is 0 Å². The summed E-state index contributed by atoms with van der Waals surface area (Å²) < 4.78 is 0. The van der Waals surface area contributed by atoms with Crippen molar-refractivity contribution in [1.82, 2.24) is 4.98 Å². The topological polar surface area (TPSA) is 37.7 Å². The summed E-state index contributed by atoms with van der Waals surface area (Å²) in [4.78, 5) is 3.24. The van der Waals surface area contributed by atoms with Crippen LogP contribution in [0.15, 0.2) is 24.3 Å². The molecule has 0 atom stereocenters. The van der Waals surface area contributed by atoms with Crippen LogP contribution in [-0.4, -0.2) is 4.98 Å². The normalized spacial score (nSPS) is 12.8. The summed E-state index contributed by atoms with van der Waals surface area (Å²) in [5.74, 6) is 1.18. The van der Waals surface area contributed by atoms with E-state index in [-0.39, 0.29) is 0 Å². The van der Waals surface area contributed by atoms with E-state index in [2.05, 4.69) is 28.5 Å². The van der Waals surface area contributed by atoms with Gasteiger partial charge in [0.25, 0.3) is 0 Å². The molecule has 0 saturated heterocycles. The van der Waals surface area contributed by atoms with Gasteiger partial charge in [-0.2, -0.15) is 0 Å². The van der Waals surface area contributed by atoms with Crippen molar-refractivity contribution in [2.24, 2.45) is 0 Å². The first-order valence-corrected chi connectivity index (χ1v) is 3.33. The Hall–Kier alpha value is -1.44. The van der Waals surface area contributed by atoms with E-state index in [9.17, 15) is 0 Å². The van der Waals surface area contributed by atoms with Crippen LogP contribution in [0, 0.1) is 0 Å². The predicted molar refractivity (Wildman–Crippen MR) is 41.6 cm³/mol. The van der Waals surface area contributed by atoms with Crippen molar-refractivity contribution in [3.63, 3.8) is 0 Å². The van der Waals surface area contributed by atoms with E-state index < -0.39 is 0 Å². The second kappa shape index (κ2) is 1.19. The quantitative estimate of drug-likeness (QED) is 0.450. The fraction of sp³-hybridized carbons (Fsp3) is 0. The molecule has 0 aliphatic carbocycles. The third-order valence-electron chi connectivity index (χ3n) is 1.89. The molecule has 2 heteroatoms. The van der Waals surface area contributed by atoms with E-state index in [0.717, 1.165) is 0 Å². The number of H-pyrrole nitrogens is 1. The van der Waals surface area contributed by atoms with E-state index in [4.69, 9.17) is 0 Å². The van der Waals surface area contributed by atoms with Crippen LogP contribution in [-0.2, 0) is 0 Å². The monoisotopic (exact) mass is 130 g/mol. The average molecular weight is 130 g/mol. The predicted octanol–water partition coefficient (Wildman–Crippen LogP) is 2.22. The minimum absolute atomic E-state index is 1.18. The molecule has 0 spiro atoms. The van der Waals surface area contributed by atoms with Gasteiger partial charge in [-0.05, 0) is 6.07 Å². The molecular weight excluding hydrogens is 124 g/mol. The summed E-state index contributed by atoms with van der Waals surface area (Å²) in [6, 6.07) is 8.29. The highest BCUT2D eigenvalue weighted by molar-refractivity contribution is 6.10. The summed E-state index contributed by atoms with van der Waals surface area (Å²) in [5, 5.41) is 4.45. The van der Waals surface area contributed by atoms with Crippen molar-refractivity contribution in [2.75, 3.05) is 5.32 Å². The van der Waals surface area contributed by atoms with Gasteiger partial charge in [-0.25, -0.2) is 0 Å². The van der Waals surface area contributed by atoms with Gasteiger partial charge in [-0.1, -0.05) is 18.2 Å². The summed E-state index contributed by atoms with van der Waals surface area (Å²) >= 11 is 0. The Morgan fingerprint density at radius 1 is 1.10 bits per heavy atom. The van der Waals surface area contributed by atoms with Crippen LogP contribution in [0.5, 0.6) is 0 Å². The van der Waals surface area contributed by atoms with Crippen molar-refractivity contribution < 1.29 is 0 Å². The zero-order valence-electron chi connectivity index (χ0n) is 5.31. The second-order valence-electron chi connectivity index (χ2n) is 2.55. The lowest BCUT2D eigenvalue weighted by atomic mass is 10.2. The number of benzene rings is 1.